The van der Waals surface area contributed by atoms with E-state index in [-0.39, 0.29) is 5.91 Å². The Morgan fingerprint density at radius 1 is 0.926 bits per heavy atom. The van der Waals surface area contributed by atoms with E-state index in [1.54, 1.807) is 6.07 Å². The highest BCUT2D eigenvalue weighted by molar-refractivity contribution is 6.57. The van der Waals surface area contributed by atoms with Crippen molar-refractivity contribution in [2.45, 2.75) is 13.8 Å². The van der Waals surface area contributed by atoms with Crippen molar-refractivity contribution in [1.82, 2.24) is 0 Å². The molecule has 134 valence electrons. The Balaban J connectivity index is 1.64. The molecule has 4 nitrogen and oxygen atoms in total. The number of halogens is 1. The maximum absolute atomic E-state index is 12.4. The lowest BCUT2D eigenvalue weighted by Crippen LogP contribution is -2.14. The molecule has 1 heterocycles. The average molecular weight is 377 g/mol. The van der Waals surface area contributed by atoms with Crippen LogP contribution in [0.2, 0.25) is 5.02 Å². The second kappa shape index (κ2) is 6.89. The van der Waals surface area contributed by atoms with Crippen molar-refractivity contribution < 1.29 is 9.53 Å². The Morgan fingerprint density at radius 2 is 1.67 bits per heavy atom. The quantitative estimate of drug-likeness (QED) is 0.625. The van der Waals surface area contributed by atoms with Crippen LogP contribution in [-0.4, -0.2) is 11.6 Å². The van der Waals surface area contributed by atoms with Gasteiger partial charge in [-0.15, -0.1) is 0 Å². The van der Waals surface area contributed by atoms with Crippen LogP contribution in [0.25, 0.3) is 0 Å². The zero-order valence-corrected chi connectivity index (χ0v) is 15.7. The third kappa shape index (κ3) is 3.32. The minimum Gasteiger partial charge on any atom is -0.457 e. The van der Waals surface area contributed by atoms with E-state index in [0.29, 0.717) is 27.7 Å². The molecule has 3 aromatic carbocycles. The fourth-order valence-electron chi connectivity index (χ4n) is 2.98. The summed E-state index contributed by atoms with van der Waals surface area (Å²) in [5.41, 5.74) is 4.38. The summed E-state index contributed by atoms with van der Waals surface area (Å²) in [5, 5.41) is 3.35. The van der Waals surface area contributed by atoms with Gasteiger partial charge >= 0.3 is 0 Å². The molecule has 0 aromatic heterocycles. The number of para-hydroxylation sites is 1. The molecule has 3 aromatic rings. The number of anilines is 1. The van der Waals surface area contributed by atoms with Crippen LogP contribution in [0.4, 0.5) is 11.4 Å². The SMILES string of the molecule is Cc1ccccc1Oc1ccc(N=C2C(=O)Nc3c(C)ccc(Cl)c32)cc1. The van der Waals surface area contributed by atoms with Gasteiger partial charge in [-0.05, 0) is 61.4 Å². The highest BCUT2D eigenvalue weighted by Gasteiger charge is 2.29. The number of rotatable bonds is 3. The Labute approximate surface area is 162 Å². The van der Waals surface area contributed by atoms with Crippen molar-refractivity contribution >= 4 is 34.6 Å². The van der Waals surface area contributed by atoms with Gasteiger partial charge in [0, 0.05) is 5.56 Å². The molecule has 5 heteroatoms. The number of ether oxygens (including phenoxy) is 1. The zero-order chi connectivity index (χ0) is 19.0. The summed E-state index contributed by atoms with van der Waals surface area (Å²) in [5.74, 6) is 1.27. The summed E-state index contributed by atoms with van der Waals surface area (Å²) in [4.78, 5) is 16.9. The van der Waals surface area contributed by atoms with Crippen molar-refractivity contribution in [3.8, 4) is 11.5 Å². The number of amides is 1. The molecule has 1 aliphatic heterocycles. The van der Waals surface area contributed by atoms with Gasteiger partial charge in [0.2, 0.25) is 0 Å². The van der Waals surface area contributed by atoms with E-state index in [0.717, 1.165) is 22.6 Å². The predicted octanol–water partition coefficient (Wildman–Crippen LogP) is 5.82. The second-order valence-electron chi connectivity index (χ2n) is 6.39. The summed E-state index contributed by atoms with van der Waals surface area (Å²) in [6.45, 7) is 3.92. The van der Waals surface area contributed by atoms with Crippen molar-refractivity contribution in [2.75, 3.05) is 5.32 Å². The van der Waals surface area contributed by atoms with Crippen LogP contribution in [0.15, 0.2) is 65.7 Å². The van der Waals surface area contributed by atoms with E-state index in [1.807, 2.05) is 68.4 Å². The first-order valence-corrected chi connectivity index (χ1v) is 8.94. The van der Waals surface area contributed by atoms with E-state index >= 15 is 0 Å². The van der Waals surface area contributed by atoms with Crippen LogP contribution >= 0.6 is 11.6 Å². The van der Waals surface area contributed by atoms with E-state index in [1.165, 1.54) is 0 Å². The number of hydrogen-bond acceptors (Lipinski definition) is 3. The maximum atomic E-state index is 12.4. The summed E-state index contributed by atoms with van der Waals surface area (Å²) < 4.78 is 5.90. The molecule has 1 amide bonds. The van der Waals surface area contributed by atoms with E-state index in [4.69, 9.17) is 16.3 Å². The number of carbonyl (C=O) groups excluding carboxylic acids is 1. The number of hydrogen-bond donors (Lipinski definition) is 1. The molecule has 0 bridgehead atoms. The van der Waals surface area contributed by atoms with Crippen LogP contribution in [0, 0.1) is 13.8 Å². The highest BCUT2D eigenvalue weighted by Crippen LogP contribution is 2.34. The molecular weight excluding hydrogens is 360 g/mol. The topological polar surface area (TPSA) is 50.7 Å². The normalized spacial score (nSPS) is 14.2. The molecule has 0 radical (unpaired) electrons. The van der Waals surface area contributed by atoms with Crippen LogP contribution < -0.4 is 10.1 Å². The summed E-state index contributed by atoms with van der Waals surface area (Å²) in [6.07, 6.45) is 0. The second-order valence-corrected chi connectivity index (χ2v) is 6.80. The third-order valence-electron chi connectivity index (χ3n) is 4.45. The lowest BCUT2D eigenvalue weighted by atomic mass is 10.1. The molecule has 0 atom stereocenters. The molecule has 27 heavy (non-hydrogen) atoms. The lowest BCUT2D eigenvalue weighted by Gasteiger charge is -2.08. The minimum absolute atomic E-state index is 0.249. The standard InChI is InChI=1S/C22H17ClN2O2/c1-13-5-3-4-6-18(13)27-16-10-8-15(9-11-16)24-21-19-17(23)12-7-14(2)20(19)25-22(21)26/h3-12H,1-2H3,(H,24,25,26). The molecule has 4 rings (SSSR count). The number of aliphatic imine (C=N–C) groups is 1. The van der Waals surface area contributed by atoms with Crippen molar-refractivity contribution in [1.29, 1.82) is 0 Å². The Morgan fingerprint density at radius 3 is 2.41 bits per heavy atom. The van der Waals surface area contributed by atoms with E-state index in [2.05, 4.69) is 10.3 Å². The molecule has 1 N–H and O–H groups in total. The number of nitrogens with one attached hydrogen (secondary N) is 1. The van der Waals surface area contributed by atoms with Crippen molar-refractivity contribution in [3.05, 3.63) is 82.4 Å². The van der Waals surface area contributed by atoms with Crippen LogP contribution in [0.1, 0.15) is 16.7 Å². The number of aryl methyl sites for hydroxylation is 2. The van der Waals surface area contributed by atoms with Crippen LogP contribution in [0.5, 0.6) is 11.5 Å². The average Bonchev–Trinajstić information content (AvgIpc) is 2.99. The number of carbonyl (C=O) groups is 1. The largest absolute Gasteiger partial charge is 0.457 e. The molecule has 0 aliphatic carbocycles. The molecule has 1 aliphatic rings. The molecule has 0 saturated carbocycles. The fourth-order valence-corrected chi connectivity index (χ4v) is 3.23. The Bertz CT molecular complexity index is 1070. The van der Waals surface area contributed by atoms with E-state index in [9.17, 15) is 4.79 Å². The fraction of sp³-hybridized carbons (Fsp3) is 0.0909. The molecule has 0 fully saturated rings. The summed E-state index contributed by atoms with van der Waals surface area (Å²) in [7, 11) is 0. The monoisotopic (exact) mass is 376 g/mol. The maximum Gasteiger partial charge on any atom is 0.275 e. The van der Waals surface area contributed by atoms with Gasteiger partial charge in [0.25, 0.3) is 5.91 Å². The van der Waals surface area contributed by atoms with Gasteiger partial charge in [-0.1, -0.05) is 35.9 Å². The third-order valence-corrected chi connectivity index (χ3v) is 4.77. The smallest absolute Gasteiger partial charge is 0.275 e. The van der Waals surface area contributed by atoms with Gasteiger partial charge in [0.05, 0.1) is 16.4 Å². The van der Waals surface area contributed by atoms with Gasteiger partial charge in [-0.3, -0.25) is 4.79 Å². The predicted molar refractivity (Wildman–Crippen MR) is 109 cm³/mol. The number of fused-ring (bicyclic) bond motifs is 1. The summed E-state index contributed by atoms with van der Waals surface area (Å²) >= 11 is 6.31. The van der Waals surface area contributed by atoms with Gasteiger partial charge in [0.15, 0.2) is 0 Å². The molecule has 0 saturated heterocycles. The van der Waals surface area contributed by atoms with Gasteiger partial charge in [-0.25, -0.2) is 4.99 Å². The number of nitrogens with zero attached hydrogens (tertiary/aromatic N) is 1. The minimum atomic E-state index is -0.249. The Kier molecular flexibility index (Phi) is 4.42. The number of benzene rings is 3. The first-order valence-electron chi connectivity index (χ1n) is 8.56. The van der Waals surface area contributed by atoms with Crippen LogP contribution in [0.3, 0.4) is 0 Å². The van der Waals surface area contributed by atoms with Gasteiger partial charge < -0.3 is 10.1 Å². The van der Waals surface area contributed by atoms with Gasteiger partial charge in [0.1, 0.15) is 17.2 Å². The summed E-state index contributed by atoms with van der Waals surface area (Å²) in [6, 6.07) is 18.8. The first kappa shape index (κ1) is 17.3. The van der Waals surface area contributed by atoms with Crippen molar-refractivity contribution in [2.24, 2.45) is 4.99 Å². The van der Waals surface area contributed by atoms with Gasteiger partial charge in [-0.2, -0.15) is 0 Å². The zero-order valence-electron chi connectivity index (χ0n) is 14.9. The Hall–Kier alpha value is -3.11. The molecule has 0 unspecified atom stereocenters. The van der Waals surface area contributed by atoms with Crippen LogP contribution in [-0.2, 0) is 4.79 Å². The molecular formula is C22H17ClN2O2. The lowest BCUT2D eigenvalue weighted by molar-refractivity contribution is -0.110. The van der Waals surface area contributed by atoms with Crippen molar-refractivity contribution in [3.63, 3.8) is 0 Å². The molecule has 0 spiro atoms. The van der Waals surface area contributed by atoms with E-state index < -0.39 is 0 Å². The first-order chi connectivity index (χ1) is 13.0. The highest BCUT2D eigenvalue weighted by atomic mass is 35.5.